The van der Waals surface area contributed by atoms with Crippen LogP contribution in [0.4, 0.5) is 0 Å². The van der Waals surface area contributed by atoms with Crippen molar-refractivity contribution < 1.29 is 9.59 Å². The van der Waals surface area contributed by atoms with E-state index in [9.17, 15) is 9.59 Å². The van der Waals surface area contributed by atoms with Crippen molar-refractivity contribution in [2.75, 3.05) is 5.75 Å². The minimum atomic E-state index is -0.518. The number of nitrogens with zero attached hydrogens (tertiary/aromatic N) is 1. The van der Waals surface area contributed by atoms with E-state index >= 15 is 0 Å². The number of hydrogen-bond acceptors (Lipinski definition) is 3. The van der Waals surface area contributed by atoms with Crippen LogP contribution in [-0.2, 0) is 21.9 Å². The van der Waals surface area contributed by atoms with Gasteiger partial charge in [0.15, 0.2) is 0 Å². The molecule has 2 aromatic rings. The molecule has 0 unspecified atom stereocenters. The van der Waals surface area contributed by atoms with Crippen molar-refractivity contribution in [3.63, 3.8) is 0 Å². The van der Waals surface area contributed by atoms with Gasteiger partial charge in [0.1, 0.15) is 6.04 Å². The van der Waals surface area contributed by atoms with Gasteiger partial charge >= 0.3 is 0 Å². The Labute approximate surface area is 179 Å². The Morgan fingerprint density at radius 3 is 2.28 bits per heavy atom. The summed E-state index contributed by atoms with van der Waals surface area (Å²) in [5.74, 6) is 1.01. The van der Waals surface area contributed by atoms with E-state index in [1.165, 1.54) is 11.1 Å². The molecular formula is C24H32N2O2S. The molecule has 5 heteroatoms. The van der Waals surface area contributed by atoms with E-state index in [0.29, 0.717) is 12.3 Å². The number of carbonyl (C=O) groups excluding carboxylic acids is 2. The Balaban J connectivity index is 2.06. The first-order chi connectivity index (χ1) is 13.9. The molecule has 2 atom stereocenters. The van der Waals surface area contributed by atoms with Crippen LogP contribution in [0.5, 0.6) is 0 Å². The quantitative estimate of drug-likeness (QED) is 0.622. The largest absolute Gasteiger partial charge is 0.352 e. The van der Waals surface area contributed by atoms with Crippen LogP contribution >= 0.6 is 11.8 Å². The molecular weight excluding hydrogens is 380 g/mol. The van der Waals surface area contributed by atoms with Gasteiger partial charge in [-0.15, -0.1) is 11.8 Å². The maximum absolute atomic E-state index is 13.0. The van der Waals surface area contributed by atoms with Crippen LogP contribution in [-0.4, -0.2) is 34.6 Å². The number of carbonyl (C=O) groups is 2. The van der Waals surface area contributed by atoms with Crippen molar-refractivity contribution in [2.24, 2.45) is 0 Å². The molecule has 0 aliphatic heterocycles. The van der Waals surface area contributed by atoms with Gasteiger partial charge in [0, 0.05) is 18.3 Å². The standard InChI is InChI=1S/C24H32N2O2S/c1-5-19(3)25-24(28)20(4)26(15-21-13-11-18(2)12-14-21)23(27)17-29-16-22-9-7-6-8-10-22/h6-14,19-20H,5,15-17H2,1-4H3,(H,25,28)/t19-,20+/m1/s1. The molecule has 29 heavy (non-hydrogen) atoms. The summed E-state index contributed by atoms with van der Waals surface area (Å²) in [4.78, 5) is 27.4. The molecule has 4 nitrogen and oxygen atoms in total. The van der Waals surface area contributed by atoms with Gasteiger partial charge in [-0.1, -0.05) is 67.1 Å². The Hall–Kier alpha value is -2.27. The molecule has 0 radical (unpaired) electrons. The lowest BCUT2D eigenvalue weighted by atomic mass is 10.1. The normalized spacial score (nSPS) is 12.8. The first kappa shape index (κ1) is 23.0. The molecule has 0 spiro atoms. The van der Waals surface area contributed by atoms with Gasteiger partial charge in [0.05, 0.1) is 5.75 Å². The SMILES string of the molecule is CC[C@@H](C)NC(=O)[C@H](C)N(Cc1ccc(C)cc1)C(=O)CSCc1ccccc1. The predicted octanol–water partition coefficient (Wildman–Crippen LogP) is 4.56. The smallest absolute Gasteiger partial charge is 0.242 e. The Kier molecular flexibility index (Phi) is 9.26. The van der Waals surface area contributed by atoms with E-state index in [1.807, 2.05) is 70.2 Å². The molecule has 2 amide bonds. The second-order valence-electron chi connectivity index (χ2n) is 7.48. The third kappa shape index (κ3) is 7.58. The van der Waals surface area contributed by atoms with Crippen LogP contribution in [0.2, 0.25) is 0 Å². The van der Waals surface area contributed by atoms with Gasteiger partial charge in [-0.2, -0.15) is 0 Å². The van der Waals surface area contributed by atoms with Crippen LogP contribution in [0.25, 0.3) is 0 Å². The monoisotopic (exact) mass is 412 g/mol. The van der Waals surface area contributed by atoms with Gasteiger partial charge in [-0.25, -0.2) is 0 Å². The van der Waals surface area contributed by atoms with Crippen LogP contribution < -0.4 is 5.32 Å². The van der Waals surface area contributed by atoms with E-state index in [2.05, 4.69) is 17.4 Å². The number of amides is 2. The molecule has 1 N–H and O–H groups in total. The summed E-state index contributed by atoms with van der Waals surface area (Å²) in [6.45, 7) is 8.29. The van der Waals surface area contributed by atoms with Gasteiger partial charge in [-0.05, 0) is 38.3 Å². The van der Waals surface area contributed by atoms with E-state index < -0.39 is 6.04 Å². The number of nitrogens with one attached hydrogen (secondary N) is 1. The van der Waals surface area contributed by atoms with Gasteiger partial charge in [0.2, 0.25) is 11.8 Å². The van der Waals surface area contributed by atoms with Crippen LogP contribution in [0.3, 0.4) is 0 Å². The highest BCUT2D eigenvalue weighted by molar-refractivity contribution is 7.99. The lowest BCUT2D eigenvalue weighted by Gasteiger charge is -2.29. The minimum Gasteiger partial charge on any atom is -0.352 e. The van der Waals surface area contributed by atoms with Gasteiger partial charge in [-0.3, -0.25) is 9.59 Å². The second-order valence-corrected chi connectivity index (χ2v) is 8.47. The summed E-state index contributed by atoms with van der Waals surface area (Å²) in [6.07, 6.45) is 0.858. The minimum absolute atomic E-state index is 0.0155. The maximum Gasteiger partial charge on any atom is 0.242 e. The lowest BCUT2D eigenvalue weighted by molar-refractivity contribution is -0.138. The predicted molar refractivity (Wildman–Crippen MR) is 122 cm³/mol. The summed E-state index contributed by atoms with van der Waals surface area (Å²) in [5.41, 5.74) is 3.39. The molecule has 0 aromatic heterocycles. The average Bonchev–Trinajstić information content (AvgIpc) is 2.73. The van der Waals surface area contributed by atoms with E-state index in [4.69, 9.17) is 0 Å². The van der Waals surface area contributed by atoms with Crippen LogP contribution in [0.1, 0.15) is 43.9 Å². The summed E-state index contributed by atoms with van der Waals surface area (Å²) >= 11 is 1.58. The zero-order valence-corrected chi connectivity index (χ0v) is 18.7. The molecule has 0 aliphatic carbocycles. The summed E-state index contributed by atoms with van der Waals surface area (Å²) in [7, 11) is 0. The fourth-order valence-electron chi connectivity index (χ4n) is 2.85. The number of rotatable bonds is 10. The molecule has 2 rings (SSSR count). The Morgan fingerprint density at radius 1 is 1.00 bits per heavy atom. The Morgan fingerprint density at radius 2 is 1.66 bits per heavy atom. The highest BCUT2D eigenvalue weighted by Crippen LogP contribution is 2.16. The molecule has 0 saturated carbocycles. The number of thioether (sulfide) groups is 1. The summed E-state index contributed by atoms with van der Waals surface area (Å²) in [6, 6.07) is 17.8. The summed E-state index contributed by atoms with van der Waals surface area (Å²) in [5, 5.41) is 3.00. The van der Waals surface area contributed by atoms with Gasteiger partial charge < -0.3 is 10.2 Å². The van der Waals surface area contributed by atoms with Crippen molar-refractivity contribution in [1.82, 2.24) is 10.2 Å². The van der Waals surface area contributed by atoms with E-state index in [1.54, 1.807) is 16.7 Å². The fraction of sp³-hybridized carbons (Fsp3) is 0.417. The Bertz CT molecular complexity index is 777. The number of benzene rings is 2. The molecule has 0 heterocycles. The highest BCUT2D eigenvalue weighted by atomic mass is 32.2. The van der Waals surface area contributed by atoms with Crippen molar-refractivity contribution in [3.05, 3.63) is 71.3 Å². The van der Waals surface area contributed by atoms with Crippen molar-refractivity contribution in [3.8, 4) is 0 Å². The van der Waals surface area contributed by atoms with Crippen molar-refractivity contribution in [1.29, 1.82) is 0 Å². The topological polar surface area (TPSA) is 49.4 Å². The second kappa shape index (κ2) is 11.7. The van der Waals surface area contributed by atoms with Crippen LogP contribution in [0, 0.1) is 6.92 Å². The number of hydrogen-bond donors (Lipinski definition) is 1. The van der Waals surface area contributed by atoms with E-state index in [-0.39, 0.29) is 17.9 Å². The third-order valence-corrected chi connectivity index (χ3v) is 5.97. The first-order valence-electron chi connectivity index (χ1n) is 10.2. The molecule has 0 aliphatic rings. The zero-order chi connectivity index (χ0) is 21.2. The van der Waals surface area contributed by atoms with Crippen LogP contribution in [0.15, 0.2) is 54.6 Å². The molecule has 0 bridgehead atoms. The van der Waals surface area contributed by atoms with Crippen molar-refractivity contribution >= 4 is 23.6 Å². The zero-order valence-electron chi connectivity index (χ0n) is 17.9. The van der Waals surface area contributed by atoms with Gasteiger partial charge in [0.25, 0.3) is 0 Å². The fourth-order valence-corrected chi connectivity index (χ4v) is 3.72. The molecule has 156 valence electrons. The number of aryl methyl sites for hydroxylation is 1. The highest BCUT2D eigenvalue weighted by Gasteiger charge is 2.26. The summed E-state index contributed by atoms with van der Waals surface area (Å²) < 4.78 is 0. The first-order valence-corrected chi connectivity index (χ1v) is 11.3. The molecule has 0 fully saturated rings. The van der Waals surface area contributed by atoms with E-state index in [0.717, 1.165) is 17.7 Å². The maximum atomic E-state index is 13.0. The average molecular weight is 413 g/mol. The lowest BCUT2D eigenvalue weighted by Crippen LogP contribution is -2.50. The molecule has 0 saturated heterocycles. The van der Waals surface area contributed by atoms with Crippen molar-refractivity contribution in [2.45, 2.75) is 58.5 Å². The molecule has 2 aromatic carbocycles. The third-order valence-electron chi connectivity index (χ3n) is 4.98.